The number of benzene rings is 2. The van der Waals surface area contributed by atoms with Crippen LogP contribution in [0.4, 0.5) is 17.1 Å². The molecule has 8 nitrogen and oxygen atoms in total. The van der Waals surface area contributed by atoms with Gasteiger partial charge in [0.25, 0.3) is 11.6 Å². The Morgan fingerprint density at radius 2 is 1.92 bits per heavy atom. The molecule has 0 saturated carbocycles. The molecule has 0 fully saturated rings. The summed E-state index contributed by atoms with van der Waals surface area (Å²) in [7, 11) is 0. The van der Waals surface area contributed by atoms with E-state index in [0.29, 0.717) is 5.69 Å². The minimum atomic E-state index is -1.43. The second kappa shape index (κ2) is 8.30. The van der Waals surface area contributed by atoms with Crippen LogP contribution in [0.1, 0.15) is 12.5 Å². The molecule has 0 aliphatic rings. The van der Waals surface area contributed by atoms with Crippen molar-refractivity contribution in [1.29, 1.82) is 0 Å². The third kappa shape index (κ3) is 4.70. The predicted molar refractivity (Wildman–Crippen MR) is 96.9 cm³/mol. The van der Waals surface area contributed by atoms with Crippen LogP contribution in [0, 0.1) is 17.0 Å². The van der Waals surface area contributed by atoms with E-state index in [1.54, 1.807) is 25.1 Å². The van der Waals surface area contributed by atoms with E-state index in [1.807, 2.05) is 6.07 Å². The first kappa shape index (κ1) is 19.2. The van der Waals surface area contributed by atoms with Crippen molar-refractivity contribution >= 4 is 40.4 Å². The van der Waals surface area contributed by atoms with Gasteiger partial charge in [0.1, 0.15) is 0 Å². The van der Waals surface area contributed by atoms with Gasteiger partial charge in [-0.3, -0.25) is 19.7 Å². The second-order valence-electron chi connectivity index (χ2n) is 5.42. The summed E-state index contributed by atoms with van der Waals surface area (Å²) in [4.78, 5) is 34.5. The molecule has 1 atom stereocenters. The van der Waals surface area contributed by atoms with E-state index in [0.717, 1.165) is 11.6 Å². The van der Waals surface area contributed by atoms with E-state index in [-0.39, 0.29) is 16.4 Å². The molecule has 0 aromatic heterocycles. The lowest BCUT2D eigenvalue weighted by atomic mass is 10.1. The van der Waals surface area contributed by atoms with Crippen LogP contribution in [0.25, 0.3) is 0 Å². The molecule has 0 aliphatic heterocycles. The summed E-state index contributed by atoms with van der Waals surface area (Å²) in [5.41, 5.74) is 0.877. The van der Waals surface area contributed by atoms with Crippen molar-refractivity contribution in [3.05, 3.63) is 63.2 Å². The first-order chi connectivity index (χ1) is 12.3. The number of amides is 1. The fourth-order valence-corrected chi connectivity index (χ4v) is 2.25. The second-order valence-corrected chi connectivity index (χ2v) is 5.86. The fraction of sp³-hybridized carbons (Fsp3) is 0.176. The Balaban J connectivity index is 2.27. The van der Waals surface area contributed by atoms with Gasteiger partial charge in [0.15, 0.2) is 11.5 Å². The van der Waals surface area contributed by atoms with Crippen LogP contribution >= 0.6 is 11.6 Å². The molecule has 1 unspecified atom stereocenters. The van der Waals surface area contributed by atoms with Crippen molar-refractivity contribution in [3.8, 4) is 0 Å². The average molecular weight is 375 g/mol. The van der Waals surface area contributed by atoms with Gasteiger partial charge in [-0.15, -0.1) is 5.11 Å². The Kier molecular flexibility index (Phi) is 6.13. The number of Topliss-reactive ketones (excluding diaryl/α,β-unsaturated/α-hetero) is 1. The van der Waals surface area contributed by atoms with Gasteiger partial charge in [0.05, 0.1) is 4.92 Å². The minimum absolute atomic E-state index is 0.102. The molecule has 1 N–H and O–H groups in total. The lowest BCUT2D eigenvalue weighted by molar-refractivity contribution is -0.384. The topological polar surface area (TPSA) is 114 Å². The van der Waals surface area contributed by atoms with Gasteiger partial charge >= 0.3 is 0 Å². The van der Waals surface area contributed by atoms with Gasteiger partial charge in [0.2, 0.25) is 6.04 Å². The highest BCUT2D eigenvalue weighted by Gasteiger charge is 2.24. The van der Waals surface area contributed by atoms with Crippen LogP contribution < -0.4 is 5.32 Å². The van der Waals surface area contributed by atoms with Gasteiger partial charge in [-0.05, 0) is 37.6 Å². The van der Waals surface area contributed by atoms with Crippen molar-refractivity contribution in [1.82, 2.24) is 0 Å². The molecule has 2 aromatic carbocycles. The quantitative estimate of drug-likeness (QED) is 0.352. The number of hydrogen-bond donors (Lipinski definition) is 1. The van der Waals surface area contributed by atoms with Crippen molar-refractivity contribution in [2.45, 2.75) is 19.9 Å². The zero-order chi connectivity index (χ0) is 19.3. The fourth-order valence-electron chi connectivity index (χ4n) is 2.08. The Bertz CT molecular complexity index is 898. The monoisotopic (exact) mass is 374 g/mol. The highest BCUT2D eigenvalue weighted by Crippen LogP contribution is 2.30. The molecule has 2 aromatic rings. The maximum absolute atomic E-state index is 12.4. The maximum Gasteiger partial charge on any atom is 0.298 e. The predicted octanol–water partition coefficient (Wildman–Crippen LogP) is 4.24. The largest absolute Gasteiger partial charge is 0.324 e. The summed E-state index contributed by atoms with van der Waals surface area (Å²) < 4.78 is 0. The molecule has 0 bridgehead atoms. The van der Waals surface area contributed by atoms with E-state index in [2.05, 4.69) is 15.5 Å². The molecule has 0 aliphatic carbocycles. The average Bonchev–Trinajstić information content (AvgIpc) is 2.57. The first-order valence-corrected chi connectivity index (χ1v) is 7.89. The Labute approximate surface area is 154 Å². The molecule has 26 heavy (non-hydrogen) atoms. The van der Waals surface area contributed by atoms with Crippen LogP contribution in [-0.2, 0) is 9.59 Å². The third-order valence-corrected chi connectivity index (χ3v) is 3.69. The van der Waals surface area contributed by atoms with Gasteiger partial charge in [-0.25, -0.2) is 0 Å². The number of para-hydroxylation sites is 1. The lowest BCUT2D eigenvalue weighted by Crippen LogP contribution is -2.32. The SMILES string of the molecule is CC(=O)C(N=Nc1ccc(Cl)cc1[N+](=O)[O-])C(=O)Nc1ccccc1C. The van der Waals surface area contributed by atoms with Gasteiger partial charge in [0, 0.05) is 16.8 Å². The Morgan fingerprint density at radius 1 is 1.23 bits per heavy atom. The van der Waals surface area contributed by atoms with E-state index >= 15 is 0 Å². The number of aryl methyl sites for hydroxylation is 1. The number of hydrogen-bond acceptors (Lipinski definition) is 6. The van der Waals surface area contributed by atoms with Crippen LogP contribution in [0.2, 0.25) is 5.02 Å². The highest BCUT2D eigenvalue weighted by molar-refractivity contribution is 6.30. The summed E-state index contributed by atoms with van der Waals surface area (Å²) in [5, 5.41) is 21.3. The lowest BCUT2D eigenvalue weighted by Gasteiger charge is -2.11. The molecular formula is C17H15ClN4O4. The van der Waals surface area contributed by atoms with Crippen LogP contribution in [0.3, 0.4) is 0 Å². The van der Waals surface area contributed by atoms with Crippen molar-refractivity contribution in [2.24, 2.45) is 10.2 Å². The number of rotatable bonds is 6. The van der Waals surface area contributed by atoms with Gasteiger partial charge in [-0.2, -0.15) is 5.11 Å². The van der Waals surface area contributed by atoms with Gasteiger partial charge in [-0.1, -0.05) is 29.8 Å². The molecule has 0 radical (unpaired) electrons. The van der Waals surface area contributed by atoms with Gasteiger partial charge < -0.3 is 5.32 Å². The summed E-state index contributed by atoms with van der Waals surface area (Å²) in [6.45, 7) is 2.99. The van der Waals surface area contributed by atoms with Crippen LogP contribution in [-0.4, -0.2) is 22.7 Å². The number of halogens is 1. The summed E-state index contributed by atoms with van der Waals surface area (Å²) in [6.07, 6.45) is 0. The minimum Gasteiger partial charge on any atom is -0.324 e. The standard InChI is InChI=1S/C17H15ClN4O4/c1-10-5-3-4-6-13(10)19-17(24)16(11(2)23)21-20-14-8-7-12(18)9-15(14)22(25)26/h3-9,16H,1-2H3,(H,19,24). The number of carbonyl (C=O) groups excluding carboxylic acids is 2. The molecule has 134 valence electrons. The number of nitrogens with one attached hydrogen (secondary N) is 1. The molecule has 0 saturated heterocycles. The first-order valence-electron chi connectivity index (χ1n) is 7.51. The Hall–Kier alpha value is -3.13. The number of ketones is 1. The van der Waals surface area contributed by atoms with Crippen molar-refractivity contribution < 1.29 is 14.5 Å². The summed E-state index contributed by atoms with van der Waals surface area (Å²) in [6, 6.07) is 9.43. The zero-order valence-corrected chi connectivity index (χ0v) is 14.7. The molecule has 2 rings (SSSR count). The smallest absolute Gasteiger partial charge is 0.298 e. The zero-order valence-electron chi connectivity index (χ0n) is 14.0. The van der Waals surface area contributed by atoms with E-state index in [9.17, 15) is 19.7 Å². The maximum atomic E-state index is 12.4. The Morgan fingerprint density at radius 3 is 2.54 bits per heavy atom. The van der Waals surface area contributed by atoms with E-state index in [1.165, 1.54) is 19.1 Å². The number of nitrogens with zero attached hydrogens (tertiary/aromatic N) is 3. The van der Waals surface area contributed by atoms with Crippen LogP contribution in [0.15, 0.2) is 52.7 Å². The normalized spacial score (nSPS) is 12.0. The number of azo groups is 1. The van der Waals surface area contributed by atoms with Crippen LogP contribution in [0.5, 0.6) is 0 Å². The summed E-state index contributed by atoms with van der Waals surface area (Å²) in [5.74, 6) is -1.22. The molecule has 1 amide bonds. The van der Waals surface area contributed by atoms with Crippen molar-refractivity contribution in [3.63, 3.8) is 0 Å². The number of nitro benzene ring substituents is 1. The number of nitro groups is 1. The molecule has 0 spiro atoms. The highest BCUT2D eigenvalue weighted by atomic mass is 35.5. The number of carbonyl (C=O) groups is 2. The number of anilines is 1. The summed E-state index contributed by atoms with van der Waals surface area (Å²) >= 11 is 5.73. The van der Waals surface area contributed by atoms with Crippen molar-refractivity contribution in [2.75, 3.05) is 5.32 Å². The third-order valence-electron chi connectivity index (χ3n) is 3.45. The van der Waals surface area contributed by atoms with E-state index < -0.39 is 22.7 Å². The molecule has 0 heterocycles. The molecule has 9 heteroatoms. The van der Waals surface area contributed by atoms with E-state index in [4.69, 9.17) is 11.6 Å². The molecular weight excluding hydrogens is 360 g/mol.